The van der Waals surface area contributed by atoms with Gasteiger partial charge in [0.1, 0.15) is 12.6 Å². The Hall–Kier alpha value is -3.57. The Labute approximate surface area is 249 Å². The highest BCUT2D eigenvalue weighted by molar-refractivity contribution is 7.92. The van der Waals surface area contributed by atoms with Crippen LogP contribution in [-0.4, -0.2) is 43.8 Å². The van der Waals surface area contributed by atoms with E-state index in [1.54, 1.807) is 50.2 Å². The molecule has 0 saturated carbocycles. The van der Waals surface area contributed by atoms with Gasteiger partial charge in [-0.05, 0) is 75.2 Å². The van der Waals surface area contributed by atoms with Crippen molar-refractivity contribution in [1.82, 2.24) is 10.2 Å². The highest BCUT2D eigenvalue weighted by Gasteiger charge is 2.35. The second-order valence-corrected chi connectivity index (χ2v) is 12.3. The van der Waals surface area contributed by atoms with Crippen LogP contribution in [0.4, 0.5) is 18.9 Å². The molecule has 0 radical (unpaired) electrons. The fraction of sp³-hybridized carbons (Fsp3) is 0.333. The maximum absolute atomic E-state index is 13.9. The van der Waals surface area contributed by atoms with Crippen LogP contribution in [0.25, 0.3) is 0 Å². The number of anilines is 1. The number of nitrogens with one attached hydrogen (secondary N) is 1. The lowest BCUT2D eigenvalue weighted by Gasteiger charge is -2.32. The van der Waals surface area contributed by atoms with E-state index in [0.717, 1.165) is 17.7 Å². The summed E-state index contributed by atoms with van der Waals surface area (Å²) in [7, 11) is -4.51. The molecule has 42 heavy (non-hydrogen) atoms. The minimum absolute atomic E-state index is 0.102. The van der Waals surface area contributed by atoms with E-state index in [9.17, 15) is 31.2 Å². The van der Waals surface area contributed by atoms with Crippen molar-refractivity contribution in [2.75, 3.05) is 10.8 Å². The summed E-state index contributed by atoms with van der Waals surface area (Å²) >= 11 is 6.13. The molecule has 226 valence electrons. The SMILES string of the molecule is CCC(C)NC(=O)C(C)N(Cc1cccc(Cl)c1)C(=O)CN(c1cccc(C(F)(F)F)c1)S(=O)(=O)c1ccc(C)cc1. The van der Waals surface area contributed by atoms with E-state index >= 15 is 0 Å². The average Bonchev–Trinajstić information content (AvgIpc) is 2.93. The third kappa shape index (κ3) is 8.25. The number of hydrogen-bond acceptors (Lipinski definition) is 4. The fourth-order valence-corrected chi connectivity index (χ4v) is 5.70. The molecule has 0 bridgehead atoms. The second-order valence-electron chi connectivity index (χ2n) is 10.0. The molecule has 0 aliphatic rings. The van der Waals surface area contributed by atoms with Crippen LogP contribution < -0.4 is 9.62 Å². The average molecular weight is 624 g/mol. The quantitative estimate of drug-likeness (QED) is 0.276. The maximum atomic E-state index is 13.9. The van der Waals surface area contributed by atoms with Crippen molar-refractivity contribution >= 4 is 39.1 Å². The van der Waals surface area contributed by atoms with Crippen LogP contribution >= 0.6 is 11.6 Å². The van der Waals surface area contributed by atoms with Crippen molar-refractivity contribution in [2.24, 2.45) is 0 Å². The molecule has 0 saturated heterocycles. The number of sulfonamides is 1. The van der Waals surface area contributed by atoms with Gasteiger partial charge in [0.2, 0.25) is 11.8 Å². The third-order valence-corrected chi connectivity index (χ3v) is 8.78. The minimum Gasteiger partial charge on any atom is -0.352 e. The zero-order chi connectivity index (χ0) is 31.2. The van der Waals surface area contributed by atoms with Gasteiger partial charge in [-0.1, -0.05) is 54.4 Å². The Morgan fingerprint density at radius 2 is 1.62 bits per heavy atom. The van der Waals surface area contributed by atoms with E-state index in [-0.39, 0.29) is 23.2 Å². The van der Waals surface area contributed by atoms with Crippen LogP contribution in [-0.2, 0) is 32.3 Å². The van der Waals surface area contributed by atoms with Crippen LogP contribution in [0.3, 0.4) is 0 Å². The summed E-state index contributed by atoms with van der Waals surface area (Å²) in [6.07, 6.45) is -4.11. The van der Waals surface area contributed by atoms with E-state index in [0.29, 0.717) is 27.4 Å². The Kier molecular flexibility index (Phi) is 10.7. The van der Waals surface area contributed by atoms with E-state index in [4.69, 9.17) is 11.6 Å². The number of rotatable bonds is 11. The predicted molar refractivity (Wildman–Crippen MR) is 157 cm³/mol. The van der Waals surface area contributed by atoms with Gasteiger partial charge in [-0.3, -0.25) is 13.9 Å². The highest BCUT2D eigenvalue weighted by Crippen LogP contribution is 2.33. The number of hydrogen-bond donors (Lipinski definition) is 1. The predicted octanol–water partition coefficient (Wildman–Crippen LogP) is 6.19. The molecule has 0 aliphatic heterocycles. The zero-order valence-electron chi connectivity index (χ0n) is 23.7. The number of carbonyl (C=O) groups excluding carboxylic acids is 2. The minimum atomic E-state index is -4.75. The normalized spacial score (nSPS) is 13.2. The number of aryl methyl sites for hydroxylation is 1. The summed E-state index contributed by atoms with van der Waals surface area (Å²) in [5.74, 6) is -1.26. The molecule has 2 unspecified atom stereocenters. The van der Waals surface area contributed by atoms with Crippen LogP contribution in [0.15, 0.2) is 77.7 Å². The molecule has 1 N–H and O–H groups in total. The molecule has 7 nitrogen and oxygen atoms in total. The summed E-state index contributed by atoms with van der Waals surface area (Å²) < 4.78 is 69.1. The lowest BCUT2D eigenvalue weighted by Crippen LogP contribution is -2.52. The smallest absolute Gasteiger partial charge is 0.352 e. The van der Waals surface area contributed by atoms with Gasteiger partial charge in [-0.2, -0.15) is 13.2 Å². The lowest BCUT2D eigenvalue weighted by atomic mass is 10.1. The van der Waals surface area contributed by atoms with E-state index < -0.39 is 46.2 Å². The van der Waals surface area contributed by atoms with Crippen molar-refractivity contribution in [3.63, 3.8) is 0 Å². The Morgan fingerprint density at radius 1 is 0.976 bits per heavy atom. The van der Waals surface area contributed by atoms with Crippen LogP contribution in [0.2, 0.25) is 5.02 Å². The van der Waals surface area contributed by atoms with E-state index in [1.807, 2.05) is 6.92 Å². The van der Waals surface area contributed by atoms with Gasteiger partial charge in [-0.25, -0.2) is 8.42 Å². The number of nitrogens with zero attached hydrogens (tertiary/aromatic N) is 2. The third-order valence-electron chi connectivity index (χ3n) is 6.76. The molecule has 0 spiro atoms. The molecule has 0 aliphatic carbocycles. The molecule has 3 rings (SSSR count). The fourth-order valence-electron chi connectivity index (χ4n) is 4.08. The summed E-state index contributed by atoms with van der Waals surface area (Å²) in [6, 6.07) is 14.9. The van der Waals surface area contributed by atoms with Crippen molar-refractivity contribution in [2.45, 2.75) is 63.8 Å². The summed E-state index contributed by atoms with van der Waals surface area (Å²) in [5, 5.41) is 3.21. The van der Waals surface area contributed by atoms with Gasteiger partial charge < -0.3 is 10.2 Å². The number of carbonyl (C=O) groups is 2. The summed E-state index contributed by atoms with van der Waals surface area (Å²) in [5.41, 5.74) is -0.0812. The van der Waals surface area contributed by atoms with Gasteiger partial charge in [0.25, 0.3) is 10.0 Å². The van der Waals surface area contributed by atoms with Gasteiger partial charge in [0.05, 0.1) is 16.1 Å². The van der Waals surface area contributed by atoms with Crippen molar-refractivity contribution in [3.05, 3.63) is 94.5 Å². The monoisotopic (exact) mass is 623 g/mol. The van der Waals surface area contributed by atoms with Crippen molar-refractivity contribution in [1.29, 1.82) is 0 Å². The number of alkyl halides is 3. The molecule has 12 heteroatoms. The maximum Gasteiger partial charge on any atom is 0.416 e. The molecule has 0 aromatic heterocycles. The van der Waals surface area contributed by atoms with Crippen LogP contribution in [0.1, 0.15) is 43.9 Å². The lowest BCUT2D eigenvalue weighted by molar-refractivity contribution is -0.139. The van der Waals surface area contributed by atoms with Crippen LogP contribution in [0, 0.1) is 6.92 Å². The number of halogens is 4. The first-order valence-electron chi connectivity index (χ1n) is 13.2. The summed E-state index contributed by atoms with van der Waals surface area (Å²) in [6.45, 7) is 5.98. The molecule has 0 heterocycles. The van der Waals surface area contributed by atoms with Gasteiger partial charge in [0.15, 0.2) is 0 Å². The van der Waals surface area contributed by atoms with Crippen molar-refractivity contribution < 1.29 is 31.2 Å². The molecule has 3 aromatic carbocycles. The molecule has 2 amide bonds. The Morgan fingerprint density at radius 3 is 2.21 bits per heavy atom. The Balaban J connectivity index is 2.09. The first kappa shape index (κ1) is 32.9. The summed E-state index contributed by atoms with van der Waals surface area (Å²) in [4.78, 5) is 28.0. The molecular formula is C30H33ClF3N3O4S. The zero-order valence-corrected chi connectivity index (χ0v) is 25.2. The van der Waals surface area contributed by atoms with E-state index in [2.05, 4.69) is 5.32 Å². The van der Waals surface area contributed by atoms with E-state index in [1.165, 1.54) is 30.0 Å². The topological polar surface area (TPSA) is 86.8 Å². The first-order valence-corrected chi connectivity index (χ1v) is 15.1. The second kappa shape index (κ2) is 13.6. The molecule has 3 aromatic rings. The van der Waals surface area contributed by atoms with Gasteiger partial charge in [0, 0.05) is 17.6 Å². The van der Waals surface area contributed by atoms with Crippen molar-refractivity contribution in [3.8, 4) is 0 Å². The number of amides is 2. The first-order chi connectivity index (χ1) is 19.6. The van der Waals surface area contributed by atoms with Crippen LogP contribution in [0.5, 0.6) is 0 Å². The molecule has 0 fully saturated rings. The highest BCUT2D eigenvalue weighted by atomic mass is 35.5. The standard InChI is InChI=1S/C30H33ClF3N3O4S/c1-5-21(3)35-29(39)22(4)36(18-23-8-6-10-25(31)16-23)28(38)19-37(26-11-7-9-24(17-26)30(32,33)34)42(40,41)27-14-12-20(2)13-15-27/h6-17,21-22H,5,18-19H2,1-4H3,(H,35,39). The Bertz CT molecular complexity index is 1510. The van der Waals surface area contributed by atoms with Gasteiger partial charge in [-0.15, -0.1) is 0 Å². The largest absolute Gasteiger partial charge is 0.416 e. The van der Waals surface area contributed by atoms with Gasteiger partial charge >= 0.3 is 6.18 Å². The molecule has 2 atom stereocenters. The molecular weight excluding hydrogens is 591 g/mol. The number of benzene rings is 3.